The average molecular weight is 237 g/mol. The minimum atomic E-state index is -0.699. The van der Waals surface area contributed by atoms with Crippen molar-refractivity contribution in [1.82, 2.24) is 5.32 Å². The predicted molar refractivity (Wildman–Crippen MR) is 67.2 cm³/mol. The molecule has 2 unspecified atom stereocenters. The second-order valence-electron chi connectivity index (χ2n) is 4.62. The summed E-state index contributed by atoms with van der Waals surface area (Å²) in [4.78, 5) is 0. The molecule has 1 aromatic carbocycles. The first-order chi connectivity index (χ1) is 8.31. The highest BCUT2D eigenvalue weighted by atomic mass is 19.1. The molecular formula is C14H20FNO. The van der Waals surface area contributed by atoms with E-state index >= 15 is 0 Å². The lowest BCUT2D eigenvalue weighted by Gasteiger charge is -2.19. The lowest BCUT2D eigenvalue weighted by molar-refractivity contribution is 0.218. The maximum absolute atomic E-state index is 13.9. The highest BCUT2D eigenvalue weighted by molar-refractivity contribution is 5.33. The lowest BCUT2D eigenvalue weighted by Crippen LogP contribution is -2.18. The molecule has 94 valence electrons. The highest BCUT2D eigenvalue weighted by Gasteiger charge is 2.24. The number of methoxy groups -OCH3 is 1. The van der Waals surface area contributed by atoms with E-state index in [2.05, 4.69) is 5.32 Å². The van der Waals surface area contributed by atoms with Crippen LogP contribution in [0.15, 0.2) is 24.3 Å². The monoisotopic (exact) mass is 237 g/mol. The van der Waals surface area contributed by atoms with Gasteiger partial charge in [0.05, 0.1) is 7.11 Å². The number of hydrogen-bond acceptors (Lipinski definition) is 2. The van der Waals surface area contributed by atoms with Crippen LogP contribution in [-0.2, 0) is 6.42 Å². The SMILES string of the molecule is COc1ccccc1CC1CCNCCC1F. The molecule has 0 spiro atoms. The van der Waals surface area contributed by atoms with E-state index in [1.54, 1.807) is 7.11 Å². The van der Waals surface area contributed by atoms with Crippen molar-refractivity contribution >= 4 is 0 Å². The smallest absolute Gasteiger partial charge is 0.122 e. The molecule has 0 bridgehead atoms. The summed E-state index contributed by atoms with van der Waals surface area (Å²) in [6.07, 6.45) is 1.60. The fourth-order valence-corrected chi connectivity index (χ4v) is 2.45. The van der Waals surface area contributed by atoms with Crippen molar-refractivity contribution in [2.24, 2.45) is 5.92 Å². The Kier molecular flexibility index (Phi) is 4.37. The molecule has 3 heteroatoms. The van der Waals surface area contributed by atoms with Gasteiger partial charge in [0.15, 0.2) is 0 Å². The van der Waals surface area contributed by atoms with Crippen LogP contribution in [0, 0.1) is 5.92 Å². The minimum Gasteiger partial charge on any atom is -0.496 e. The fraction of sp³-hybridized carbons (Fsp3) is 0.571. The van der Waals surface area contributed by atoms with Crippen LogP contribution in [0.25, 0.3) is 0 Å². The third kappa shape index (κ3) is 3.19. The van der Waals surface area contributed by atoms with Crippen molar-refractivity contribution in [3.8, 4) is 5.75 Å². The highest BCUT2D eigenvalue weighted by Crippen LogP contribution is 2.27. The molecule has 0 saturated carbocycles. The standard InChI is InChI=1S/C14H20FNO/c1-17-14-5-3-2-4-12(14)10-11-6-8-16-9-7-13(11)15/h2-5,11,13,16H,6-10H2,1H3. The first-order valence-corrected chi connectivity index (χ1v) is 6.28. The molecular weight excluding hydrogens is 217 g/mol. The summed E-state index contributed by atoms with van der Waals surface area (Å²) in [5, 5.41) is 3.25. The number of alkyl halides is 1. The number of hydrogen-bond donors (Lipinski definition) is 1. The average Bonchev–Trinajstić information content (AvgIpc) is 2.56. The molecule has 0 radical (unpaired) electrons. The molecule has 1 saturated heterocycles. The van der Waals surface area contributed by atoms with Crippen LogP contribution in [-0.4, -0.2) is 26.4 Å². The van der Waals surface area contributed by atoms with Crippen molar-refractivity contribution < 1.29 is 9.13 Å². The molecule has 1 heterocycles. The summed E-state index contributed by atoms with van der Waals surface area (Å²) >= 11 is 0. The molecule has 1 aliphatic rings. The zero-order chi connectivity index (χ0) is 12.1. The van der Waals surface area contributed by atoms with Crippen molar-refractivity contribution in [2.75, 3.05) is 20.2 Å². The molecule has 17 heavy (non-hydrogen) atoms. The first kappa shape index (κ1) is 12.4. The largest absolute Gasteiger partial charge is 0.496 e. The van der Waals surface area contributed by atoms with Crippen LogP contribution < -0.4 is 10.1 Å². The maximum Gasteiger partial charge on any atom is 0.122 e. The summed E-state index contributed by atoms with van der Waals surface area (Å²) in [6, 6.07) is 7.91. The van der Waals surface area contributed by atoms with Gasteiger partial charge in [-0.2, -0.15) is 0 Å². The quantitative estimate of drug-likeness (QED) is 0.872. The van der Waals surface area contributed by atoms with E-state index in [1.165, 1.54) is 0 Å². The molecule has 2 rings (SSSR count). The zero-order valence-electron chi connectivity index (χ0n) is 10.3. The number of rotatable bonds is 3. The second kappa shape index (κ2) is 6.01. The van der Waals surface area contributed by atoms with Crippen molar-refractivity contribution in [1.29, 1.82) is 0 Å². The number of nitrogens with one attached hydrogen (secondary N) is 1. The van der Waals surface area contributed by atoms with Crippen LogP contribution in [0.3, 0.4) is 0 Å². The topological polar surface area (TPSA) is 21.3 Å². The van der Waals surface area contributed by atoms with Crippen molar-refractivity contribution in [3.63, 3.8) is 0 Å². The van der Waals surface area contributed by atoms with Gasteiger partial charge in [-0.15, -0.1) is 0 Å². The molecule has 1 fully saturated rings. The van der Waals surface area contributed by atoms with Gasteiger partial charge in [0.2, 0.25) is 0 Å². The van der Waals surface area contributed by atoms with Gasteiger partial charge in [0.1, 0.15) is 11.9 Å². The molecule has 1 aliphatic heterocycles. The fourth-order valence-electron chi connectivity index (χ4n) is 2.45. The summed E-state index contributed by atoms with van der Waals surface area (Å²) in [5.74, 6) is 0.984. The summed E-state index contributed by atoms with van der Waals surface area (Å²) in [7, 11) is 1.67. The van der Waals surface area contributed by atoms with E-state index in [-0.39, 0.29) is 5.92 Å². The third-order valence-corrected chi connectivity index (χ3v) is 3.47. The molecule has 1 N–H and O–H groups in total. The molecule has 0 amide bonds. The summed E-state index contributed by atoms with van der Waals surface area (Å²) in [6.45, 7) is 1.71. The Hall–Kier alpha value is -1.09. The van der Waals surface area contributed by atoms with Crippen LogP contribution in [0.1, 0.15) is 18.4 Å². The number of ether oxygens (including phenoxy) is 1. The van der Waals surface area contributed by atoms with Crippen LogP contribution >= 0.6 is 0 Å². The van der Waals surface area contributed by atoms with Gasteiger partial charge in [0, 0.05) is 0 Å². The Morgan fingerprint density at radius 3 is 2.88 bits per heavy atom. The van der Waals surface area contributed by atoms with Gasteiger partial charge in [-0.05, 0) is 49.9 Å². The van der Waals surface area contributed by atoms with Gasteiger partial charge in [0.25, 0.3) is 0 Å². The van der Waals surface area contributed by atoms with E-state index in [4.69, 9.17) is 4.74 Å². The number of benzene rings is 1. The van der Waals surface area contributed by atoms with Gasteiger partial charge in [-0.25, -0.2) is 4.39 Å². The molecule has 2 nitrogen and oxygen atoms in total. The van der Waals surface area contributed by atoms with Gasteiger partial charge < -0.3 is 10.1 Å². The lowest BCUT2D eigenvalue weighted by atomic mass is 9.91. The van der Waals surface area contributed by atoms with E-state index < -0.39 is 6.17 Å². The van der Waals surface area contributed by atoms with E-state index in [0.29, 0.717) is 6.42 Å². The molecule has 1 aromatic rings. The van der Waals surface area contributed by atoms with E-state index in [9.17, 15) is 4.39 Å². The Morgan fingerprint density at radius 2 is 2.06 bits per heavy atom. The van der Waals surface area contributed by atoms with Crippen molar-refractivity contribution in [3.05, 3.63) is 29.8 Å². The van der Waals surface area contributed by atoms with Gasteiger partial charge in [-0.3, -0.25) is 0 Å². The van der Waals surface area contributed by atoms with Gasteiger partial charge in [-0.1, -0.05) is 18.2 Å². The van der Waals surface area contributed by atoms with E-state index in [0.717, 1.165) is 37.2 Å². The number of para-hydroxylation sites is 1. The Bertz CT molecular complexity index is 356. The maximum atomic E-state index is 13.9. The van der Waals surface area contributed by atoms with Crippen LogP contribution in [0.2, 0.25) is 0 Å². The summed E-state index contributed by atoms with van der Waals surface area (Å²) in [5.41, 5.74) is 1.12. The summed E-state index contributed by atoms with van der Waals surface area (Å²) < 4.78 is 19.3. The predicted octanol–water partition coefficient (Wildman–Crippen LogP) is 2.58. The molecule has 2 atom stereocenters. The van der Waals surface area contributed by atoms with Crippen LogP contribution in [0.4, 0.5) is 4.39 Å². The Labute approximate surface area is 102 Å². The normalized spacial score (nSPS) is 25.3. The number of halogens is 1. The Balaban J connectivity index is 2.07. The van der Waals surface area contributed by atoms with Gasteiger partial charge >= 0.3 is 0 Å². The molecule has 0 aromatic heterocycles. The van der Waals surface area contributed by atoms with E-state index in [1.807, 2.05) is 24.3 Å². The first-order valence-electron chi connectivity index (χ1n) is 6.28. The molecule has 0 aliphatic carbocycles. The zero-order valence-corrected chi connectivity index (χ0v) is 10.3. The van der Waals surface area contributed by atoms with Crippen LogP contribution in [0.5, 0.6) is 5.75 Å². The third-order valence-electron chi connectivity index (χ3n) is 3.47. The van der Waals surface area contributed by atoms with Crippen molar-refractivity contribution in [2.45, 2.75) is 25.4 Å². The second-order valence-corrected chi connectivity index (χ2v) is 4.62. The minimum absolute atomic E-state index is 0.112. The Morgan fingerprint density at radius 1 is 1.29 bits per heavy atom.